The first kappa shape index (κ1) is 13.6. The van der Waals surface area contributed by atoms with Crippen LogP contribution in [0, 0.1) is 12.8 Å². The Hall–Kier alpha value is -2.08. The summed E-state index contributed by atoms with van der Waals surface area (Å²) in [4.78, 5) is 28.7. The van der Waals surface area contributed by atoms with E-state index in [0.29, 0.717) is 17.8 Å². The molecule has 22 heavy (non-hydrogen) atoms. The number of nitrogens with zero attached hydrogens (tertiary/aromatic N) is 2. The number of phenols is 1. The molecule has 4 fully saturated rings. The molecule has 0 aromatic heterocycles. The highest BCUT2D eigenvalue weighted by Gasteiger charge is 2.62. The lowest BCUT2D eigenvalue weighted by Gasteiger charge is -2.48. The Labute approximate surface area is 128 Å². The van der Waals surface area contributed by atoms with Gasteiger partial charge in [-0.1, -0.05) is 0 Å². The van der Waals surface area contributed by atoms with E-state index in [-0.39, 0.29) is 17.6 Å². The summed E-state index contributed by atoms with van der Waals surface area (Å²) in [5.41, 5.74) is 0.141. The molecule has 2 amide bonds. The van der Waals surface area contributed by atoms with Gasteiger partial charge in [-0.05, 0) is 56.6 Å². The molecule has 0 saturated carbocycles. The molecule has 1 spiro atoms. The quantitative estimate of drug-likeness (QED) is 0.854. The lowest BCUT2D eigenvalue weighted by atomic mass is 9.75. The van der Waals surface area contributed by atoms with Crippen molar-refractivity contribution in [1.29, 1.82) is 0 Å². The second kappa shape index (κ2) is 4.46. The number of rotatable bonds is 1. The summed E-state index contributed by atoms with van der Waals surface area (Å²) in [5, 5.41) is 9.51. The van der Waals surface area contributed by atoms with Crippen molar-refractivity contribution in [3.8, 4) is 5.75 Å². The predicted octanol–water partition coefficient (Wildman–Crippen LogP) is 1.65. The molecule has 0 radical (unpaired) electrons. The Morgan fingerprint density at radius 1 is 1.27 bits per heavy atom. The van der Waals surface area contributed by atoms with Gasteiger partial charge in [0, 0.05) is 12.5 Å². The van der Waals surface area contributed by atoms with Gasteiger partial charge < -0.3 is 9.84 Å². The molecule has 1 atom stereocenters. The second-order valence-electron chi connectivity index (χ2n) is 6.42. The topological polar surface area (TPSA) is 70.1 Å². The number of hydrogen-bond donors (Lipinski definition) is 1. The Kier molecular flexibility index (Phi) is 2.75. The van der Waals surface area contributed by atoms with E-state index in [2.05, 4.69) is 4.90 Å². The van der Waals surface area contributed by atoms with Crippen molar-refractivity contribution < 1.29 is 19.4 Å². The molecule has 1 N–H and O–H groups in total. The summed E-state index contributed by atoms with van der Waals surface area (Å²) in [7, 11) is 0. The minimum Gasteiger partial charge on any atom is -0.508 e. The number of amides is 2. The second-order valence-corrected chi connectivity index (χ2v) is 6.42. The minimum atomic E-state index is -1.02. The largest absolute Gasteiger partial charge is 0.508 e. The van der Waals surface area contributed by atoms with Crippen LogP contribution >= 0.6 is 0 Å². The number of anilines is 1. The maximum Gasteiger partial charge on any atom is 0.422 e. The first-order valence-corrected chi connectivity index (χ1v) is 7.61. The Morgan fingerprint density at radius 3 is 2.59 bits per heavy atom. The highest BCUT2D eigenvalue weighted by molar-refractivity contribution is 6.20. The van der Waals surface area contributed by atoms with Crippen molar-refractivity contribution in [2.75, 3.05) is 24.5 Å². The highest BCUT2D eigenvalue weighted by Crippen LogP contribution is 2.44. The summed E-state index contributed by atoms with van der Waals surface area (Å²) >= 11 is 0. The summed E-state index contributed by atoms with van der Waals surface area (Å²) in [6.07, 6.45) is 1.18. The number of benzene rings is 1. The van der Waals surface area contributed by atoms with Crippen LogP contribution in [0.1, 0.15) is 18.4 Å². The average Bonchev–Trinajstić information content (AvgIpc) is 2.72. The van der Waals surface area contributed by atoms with Crippen molar-refractivity contribution in [2.45, 2.75) is 25.4 Å². The molecule has 6 nitrogen and oxygen atoms in total. The number of fused-ring (bicyclic) bond motifs is 2. The van der Waals surface area contributed by atoms with Crippen molar-refractivity contribution in [2.24, 2.45) is 5.92 Å². The van der Waals surface area contributed by atoms with Gasteiger partial charge in [0.15, 0.2) is 0 Å². The van der Waals surface area contributed by atoms with E-state index in [4.69, 9.17) is 4.74 Å². The highest BCUT2D eigenvalue weighted by atomic mass is 16.6. The summed E-state index contributed by atoms with van der Waals surface area (Å²) in [6.45, 7) is 4.19. The van der Waals surface area contributed by atoms with Crippen LogP contribution in [-0.4, -0.2) is 47.2 Å². The molecule has 4 saturated heterocycles. The Balaban J connectivity index is 1.74. The lowest BCUT2D eigenvalue weighted by Crippen LogP contribution is -2.63. The molecule has 116 valence electrons. The number of aromatic hydroxyl groups is 1. The van der Waals surface area contributed by atoms with Crippen LogP contribution in [-0.2, 0) is 9.53 Å². The maximum atomic E-state index is 13.0. The number of carbonyl (C=O) groups excluding carboxylic acids is 2. The van der Waals surface area contributed by atoms with Gasteiger partial charge in [0.25, 0.3) is 5.91 Å². The van der Waals surface area contributed by atoms with Crippen LogP contribution < -0.4 is 4.90 Å². The van der Waals surface area contributed by atoms with E-state index in [1.54, 1.807) is 13.0 Å². The van der Waals surface area contributed by atoms with Gasteiger partial charge >= 0.3 is 6.09 Å². The third-order valence-electron chi connectivity index (χ3n) is 5.14. The Morgan fingerprint density at radius 2 is 2.00 bits per heavy atom. The van der Waals surface area contributed by atoms with Gasteiger partial charge in [-0.25, -0.2) is 9.69 Å². The SMILES string of the molecule is Cc1cc(O)ccc1N1C(=O)OC2(CN3CCC2CC3)C1=O. The maximum absolute atomic E-state index is 13.0. The lowest BCUT2D eigenvalue weighted by molar-refractivity contribution is -0.148. The van der Waals surface area contributed by atoms with E-state index < -0.39 is 11.7 Å². The van der Waals surface area contributed by atoms with Crippen molar-refractivity contribution >= 4 is 17.7 Å². The van der Waals surface area contributed by atoms with Crippen LogP contribution in [0.15, 0.2) is 18.2 Å². The van der Waals surface area contributed by atoms with Gasteiger partial charge in [0.1, 0.15) is 5.75 Å². The monoisotopic (exact) mass is 302 g/mol. The molecule has 1 unspecified atom stereocenters. The molecule has 4 aliphatic rings. The van der Waals surface area contributed by atoms with Crippen LogP contribution in [0.4, 0.5) is 10.5 Å². The normalized spacial score (nSPS) is 33.6. The molecule has 2 bridgehead atoms. The van der Waals surface area contributed by atoms with Crippen molar-refractivity contribution in [3.63, 3.8) is 0 Å². The molecular formula is C16H18N2O4. The Bertz CT molecular complexity index is 666. The number of piperidine rings is 3. The summed E-state index contributed by atoms with van der Waals surface area (Å²) < 4.78 is 5.62. The smallest absolute Gasteiger partial charge is 0.422 e. The number of carbonyl (C=O) groups is 2. The van der Waals surface area contributed by atoms with Crippen molar-refractivity contribution in [1.82, 2.24) is 4.90 Å². The molecule has 1 aromatic rings. The van der Waals surface area contributed by atoms with Crippen molar-refractivity contribution in [3.05, 3.63) is 23.8 Å². The van der Waals surface area contributed by atoms with Gasteiger partial charge in [-0.3, -0.25) is 9.69 Å². The van der Waals surface area contributed by atoms with E-state index in [1.165, 1.54) is 12.1 Å². The molecule has 6 heteroatoms. The predicted molar refractivity (Wildman–Crippen MR) is 78.7 cm³/mol. The number of phenolic OH excluding ortho intramolecular Hbond substituents is 1. The van der Waals surface area contributed by atoms with E-state index in [0.717, 1.165) is 30.8 Å². The van der Waals surface area contributed by atoms with E-state index >= 15 is 0 Å². The fraction of sp³-hybridized carbons (Fsp3) is 0.500. The first-order chi connectivity index (χ1) is 10.5. The zero-order chi connectivity index (χ0) is 15.5. The molecule has 0 aliphatic carbocycles. The number of aryl methyl sites for hydroxylation is 1. The zero-order valence-corrected chi connectivity index (χ0v) is 12.4. The van der Waals surface area contributed by atoms with Crippen LogP contribution in [0.2, 0.25) is 0 Å². The molecule has 4 heterocycles. The fourth-order valence-corrected chi connectivity index (χ4v) is 3.99. The fourth-order valence-electron chi connectivity index (χ4n) is 3.99. The van der Waals surface area contributed by atoms with E-state index in [9.17, 15) is 14.7 Å². The summed E-state index contributed by atoms with van der Waals surface area (Å²) in [5.74, 6) is -0.0455. The van der Waals surface area contributed by atoms with Gasteiger partial charge in [-0.2, -0.15) is 0 Å². The van der Waals surface area contributed by atoms with Gasteiger partial charge in [0.2, 0.25) is 5.60 Å². The first-order valence-electron chi connectivity index (χ1n) is 7.61. The standard InChI is InChI=1S/C16H18N2O4/c1-10-8-12(19)2-3-13(10)18-14(20)16(22-15(18)21)9-17-6-4-11(16)5-7-17/h2-3,8,11,19H,4-7,9H2,1H3. The number of hydrogen-bond acceptors (Lipinski definition) is 5. The van der Waals surface area contributed by atoms with Gasteiger partial charge in [-0.15, -0.1) is 0 Å². The average molecular weight is 302 g/mol. The van der Waals surface area contributed by atoms with Crippen LogP contribution in [0.25, 0.3) is 0 Å². The molecule has 5 rings (SSSR count). The third kappa shape index (κ3) is 1.70. The summed E-state index contributed by atoms with van der Waals surface area (Å²) in [6, 6.07) is 4.60. The number of imide groups is 1. The number of ether oxygens (including phenoxy) is 1. The molecule has 4 aliphatic heterocycles. The van der Waals surface area contributed by atoms with Crippen LogP contribution in [0.5, 0.6) is 5.75 Å². The van der Waals surface area contributed by atoms with E-state index in [1.807, 2.05) is 0 Å². The molecule has 1 aromatic carbocycles. The zero-order valence-electron chi connectivity index (χ0n) is 12.4. The van der Waals surface area contributed by atoms with Gasteiger partial charge in [0.05, 0.1) is 5.69 Å². The molecular weight excluding hydrogens is 284 g/mol. The van der Waals surface area contributed by atoms with Crippen LogP contribution in [0.3, 0.4) is 0 Å². The third-order valence-corrected chi connectivity index (χ3v) is 5.14. The minimum absolute atomic E-state index is 0.108.